The molecule has 1 rings (SSSR count). The van der Waals surface area contributed by atoms with Crippen LogP contribution in [0.5, 0.6) is 5.75 Å². The van der Waals surface area contributed by atoms with Crippen molar-refractivity contribution in [3.8, 4) is 5.75 Å². The number of hydrogen-bond acceptors (Lipinski definition) is 3. The lowest BCUT2D eigenvalue weighted by molar-refractivity contribution is 0.108. The van der Waals surface area contributed by atoms with Crippen LogP contribution in [0.2, 0.25) is 5.02 Å². The normalized spacial score (nSPS) is 12.6. The number of aryl methyl sites for hydroxylation is 1. The molecule has 1 unspecified atom stereocenters. The molecule has 0 saturated heterocycles. The molecule has 1 aromatic carbocycles. The van der Waals surface area contributed by atoms with E-state index in [1.54, 1.807) is 14.2 Å². The average Bonchev–Trinajstić information content (AvgIpc) is 2.19. The summed E-state index contributed by atoms with van der Waals surface area (Å²) in [4.78, 5) is 0. The van der Waals surface area contributed by atoms with Crippen molar-refractivity contribution in [2.24, 2.45) is 5.73 Å². The summed E-state index contributed by atoms with van der Waals surface area (Å²) >= 11 is 5.99. The Kier molecular flexibility index (Phi) is 4.39. The largest absolute Gasteiger partial charge is 0.496 e. The monoisotopic (exact) mass is 229 g/mol. The van der Waals surface area contributed by atoms with E-state index in [1.807, 2.05) is 19.1 Å². The van der Waals surface area contributed by atoms with E-state index in [-0.39, 0.29) is 6.10 Å². The maximum atomic E-state index is 5.99. The third-order valence-electron chi connectivity index (χ3n) is 2.32. The molecule has 0 aliphatic carbocycles. The highest BCUT2D eigenvalue weighted by atomic mass is 35.5. The maximum absolute atomic E-state index is 5.99. The van der Waals surface area contributed by atoms with Gasteiger partial charge in [0.1, 0.15) is 5.75 Å². The van der Waals surface area contributed by atoms with Crippen molar-refractivity contribution in [2.45, 2.75) is 13.0 Å². The molecule has 0 amide bonds. The van der Waals surface area contributed by atoms with Crippen LogP contribution in [-0.2, 0) is 4.74 Å². The van der Waals surface area contributed by atoms with E-state index in [0.717, 1.165) is 16.9 Å². The molecular formula is C11H16ClNO2. The highest BCUT2D eigenvalue weighted by molar-refractivity contribution is 6.30. The van der Waals surface area contributed by atoms with Gasteiger partial charge in [-0.05, 0) is 24.6 Å². The molecule has 0 heterocycles. The van der Waals surface area contributed by atoms with Gasteiger partial charge in [-0.1, -0.05) is 11.6 Å². The molecule has 84 valence electrons. The van der Waals surface area contributed by atoms with Gasteiger partial charge in [-0.25, -0.2) is 0 Å². The molecule has 0 spiro atoms. The topological polar surface area (TPSA) is 44.5 Å². The van der Waals surface area contributed by atoms with Crippen molar-refractivity contribution < 1.29 is 9.47 Å². The predicted octanol–water partition coefficient (Wildman–Crippen LogP) is 2.30. The third-order valence-corrected chi connectivity index (χ3v) is 2.54. The molecule has 2 N–H and O–H groups in total. The van der Waals surface area contributed by atoms with Gasteiger partial charge in [0.2, 0.25) is 0 Å². The zero-order valence-electron chi connectivity index (χ0n) is 9.21. The zero-order chi connectivity index (χ0) is 11.4. The summed E-state index contributed by atoms with van der Waals surface area (Å²) < 4.78 is 10.6. The lowest BCUT2D eigenvalue weighted by Gasteiger charge is -2.18. The first-order chi connectivity index (χ1) is 7.13. The summed E-state index contributed by atoms with van der Waals surface area (Å²) in [5, 5.41) is 0.666. The molecule has 1 aromatic rings. The molecule has 4 heteroatoms. The van der Waals surface area contributed by atoms with Crippen molar-refractivity contribution in [3.05, 3.63) is 28.3 Å². The number of ether oxygens (including phenoxy) is 2. The SMILES string of the molecule is COc1c(C)cc(Cl)cc1C(CN)OC. The molecule has 0 radical (unpaired) electrons. The summed E-state index contributed by atoms with van der Waals surface area (Å²) in [6, 6.07) is 3.68. The Morgan fingerprint density at radius 3 is 2.53 bits per heavy atom. The second-order valence-corrected chi connectivity index (χ2v) is 3.74. The summed E-state index contributed by atoms with van der Waals surface area (Å²) in [6.45, 7) is 2.34. The minimum Gasteiger partial charge on any atom is -0.496 e. The lowest BCUT2D eigenvalue weighted by atomic mass is 10.0. The Balaban J connectivity index is 3.24. The number of nitrogens with two attached hydrogens (primary N) is 1. The first-order valence-corrected chi connectivity index (χ1v) is 5.08. The molecule has 15 heavy (non-hydrogen) atoms. The predicted molar refractivity (Wildman–Crippen MR) is 61.5 cm³/mol. The van der Waals surface area contributed by atoms with Crippen molar-refractivity contribution >= 4 is 11.6 Å². The summed E-state index contributed by atoms with van der Waals surface area (Å²) in [5.41, 5.74) is 7.49. The average molecular weight is 230 g/mol. The molecule has 0 saturated carbocycles. The van der Waals surface area contributed by atoms with Gasteiger partial charge < -0.3 is 15.2 Å². The van der Waals surface area contributed by atoms with E-state index in [1.165, 1.54) is 0 Å². The molecule has 0 aliphatic rings. The van der Waals surface area contributed by atoms with E-state index < -0.39 is 0 Å². The minimum absolute atomic E-state index is 0.183. The van der Waals surface area contributed by atoms with Crippen LogP contribution in [0.25, 0.3) is 0 Å². The van der Waals surface area contributed by atoms with Crippen LogP contribution in [-0.4, -0.2) is 20.8 Å². The van der Waals surface area contributed by atoms with Crippen LogP contribution >= 0.6 is 11.6 Å². The molecule has 0 aromatic heterocycles. The maximum Gasteiger partial charge on any atom is 0.127 e. The first kappa shape index (κ1) is 12.3. The second kappa shape index (κ2) is 5.35. The van der Waals surface area contributed by atoms with Crippen LogP contribution in [0.4, 0.5) is 0 Å². The van der Waals surface area contributed by atoms with Gasteiger partial charge in [0.25, 0.3) is 0 Å². The Morgan fingerprint density at radius 2 is 2.07 bits per heavy atom. The Morgan fingerprint density at radius 1 is 1.40 bits per heavy atom. The smallest absolute Gasteiger partial charge is 0.127 e. The lowest BCUT2D eigenvalue weighted by Crippen LogP contribution is -2.15. The van der Waals surface area contributed by atoms with E-state index in [0.29, 0.717) is 11.6 Å². The van der Waals surface area contributed by atoms with Crippen molar-refractivity contribution in [1.82, 2.24) is 0 Å². The standard InChI is InChI=1S/C11H16ClNO2/c1-7-4-8(12)5-9(11(7)15-3)10(6-13)14-2/h4-5,10H,6,13H2,1-3H3. The van der Waals surface area contributed by atoms with E-state index in [2.05, 4.69) is 0 Å². The highest BCUT2D eigenvalue weighted by Crippen LogP contribution is 2.32. The van der Waals surface area contributed by atoms with Crippen molar-refractivity contribution in [3.63, 3.8) is 0 Å². The highest BCUT2D eigenvalue weighted by Gasteiger charge is 2.16. The van der Waals surface area contributed by atoms with Crippen LogP contribution < -0.4 is 10.5 Å². The van der Waals surface area contributed by atoms with Crippen LogP contribution in [0, 0.1) is 6.92 Å². The fourth-order valence-corrected chi connectivity index (χ4v) is 1.91. The molecule has 3 nitrogen and oxygen atoms in total. The number of rotatable bonds is 4. The third kappa shape index (κ3) is 2.62. The fourth-order valence-electron chi connectivity index (χ4n) is 1.62. The van der Waals surface area contributed by atoms with Gasteiger partial charge in [0.15, 0.2) is 0 Å². The van der Waals surface area contributed by atoms with Gasteiger partial charge in [0.05, 0.1) is 13.2 Å². The van der Waals surface area contributed by atoms with E-state index in [4.69, 9.17) is 26.8 Å². The van der Waals surface area contributed by atoms with Crippen LogP contribution in [0.1, 0.15) is 17.2 Å². The molecule has 1 atom stereocenters. The Bertz CT molecular complexity index is 338. The number of halogens is 1. The van der Waals surface area contributed by atoms with E-state index >= 15 is 0 Å². The molecular weight excluding hydrogens is 214 g/mol. The molecule has 0 bridgehead atoms. The quantitative estimate of drug-likeness (QED) is 0.862. The first-order valence-electron chi connectivity index (χ1n) is 4.71. The fraction of sp³-hybridized carbons (Fsp3) is 0.455. The number of benzene rings is 1. The summed E-state index contributed by atoms with van der Waals surface area (Å²) in [5.74, 6) is 0.789. The number of hydrogen-bond donors (Lipinski definition) is 1. The second-order valence-electron chi connectivity index (χ2n) is 3.31. The number of methoxy groups -OCH3 is 2. The Hall–Kier alpha value is -0.770. The minimum atomic E-state index is -0.183. The summed E-state index contributed by atoms with van der Waals surface area (Å²) in [6.07, 6.45) is -0.183. The summed E-state index contributed by atoms with van der Waals surface area (Å²) in [7, 11) is 3.25. The van der Waals surface area contributed by atoms with Gasteiger partial charge in [0, 0.05) is 24.2 Å². The van der Waals surface area contributed by atoms with Gasteiger partial charge in [-0.3, -0.25) is 0 Å². The molecule has 0 fully saturated rings. The van der Waals surface area contributed by atoms with Crippen molar-refractivity contribution in [2.75, 3.05) is 20.8 Å². The van der Waals surface area contributed by atoms with E-state index in [9.17, 15) is 0 Å². The Labute approximate surface area is 95.1 Å². The van der Waals surface area contributed by atoms with Crippen LogP contribution in [0.15, 0.2) is 12.1 Å². The zero-order valence-corrected chi connectivity index (χ0v) is 9.97. The van der Waals surface area contributed by atoms with Crippen molar-refractivity contribution in [1.29, 1.82) is 0 Å². The van der Waals surface area contributed by atoms with Gasteiger partial charge >= 0.3 is 0 Å². The van der Waals surface area contributed by atoms with Crippen LogP contribution in [0.3, 0.4) is 0 Å². The molecule has 0 aliphatic heterocycles. The van der Waals surface area contributed by atoms with Gasteiger partial charge in [-0.15, -0.1) is 0 Å². The van der Waals surface area contributed by atoms with Gasteiger partial charge in [-0.2, -0.15) is 0 Å².